The smallest absolute Gasteiger partial charge is 0.155 e. The second-order valence-corrected chi connectivity index (χ2v) is 5.17. The van der Waals surface area contributed by atoms with Crippen LogP contribution in [0.15, 0.2) is 24.3 Å². The minimum atomic E-state index is -0.361. The molecule has 2 rings (SSSR count). The van der Waals surface area contributed by atoms with Crippen LogP contribution >= 0.6 is 0 Å². The molecule has 0 amide bonds. The van der Waals surface area contributed by atoms with Crippen molar-refractivity contribution in [3.63, 3.8) is 0 Å². The van der Waals surface area contributed by atoms with Crippen LogP contribution in [0.25, 0.3) is 10.9 Å². The summed E-state index contributed by atoms with van der Waals surface area (Å²) in [7, 11) is 0. The van der Waals surface area contributed by atoms with Gasteiger partial charge in [0.25, 0.3) is 0 Å². The molecule has 2 N–H and O–H groups in total. The fourth-order valence-electron chi connectivity index (χ4n) is 2.45. The Kier molecular flexibility index (Phi) is 4.90. The first kappa shape index (κ1) is 14.7. The third-order valence-electron chi connectivity index (χ3n) is 3.66. The lowest BCUT2D eigenvalue weighted by molar-refractivity contribution is -0.119. The van der Waals surface area contributed by atoms with E-state index in [9.17, 15) is 4.79 Å². The van der Waals surface area contributed by atoms with Gasteiger partial charge in [0.1, 0.15) is 0 Å². The van der Waals surface area contributed by atoms with Crippen LogP contribution in [0.2, 0.25) is 0 Å². The van der Waals surface area contributed by atoms with Gasteiger partial charge in [-0.1, -0.05) is 38.0 Å². The van der Waals surface area contributed by atoms with Crippen LogP contribution in [-0.2, 0) is 17.8 Å². The molecule has 2 aromatic rings. The summed E-state index contributed by atoms with van der Waals surface area (Å²) in [5.74, 6) is 0.0879. The number of benzene rings is 1. The SMILES string of the molecule is CCCCC(N)C(=O)Cc1nn(CC)c2ccccc12. The number of para-hydroxylation sites is 1. The van der Waals surface area contributed by atoms with Gasteiger partial charge >= 0.3 is 0 Å². The van der Waals surface area contributed by atoms with Crippen molar-refractivity contribution in [2.24, 2.45) is 5.73 Å². The number of rotatable bonds is 7. The molecule has 0 bridgehead atoms. The number of unbranched alkanes of at least 4 members (excludes halogenated alkanes) is 1. The van der Waals surface area contributed by atoms with E-state index in [-0.39, 0.29) is 11.8 Å². The van der Waals surface area contributed by atoms with Gasteiger partial charge in [-0.2, -0.15) is 5.10 Å². The number of ketones is 1. The van der Waals surface area contributed by atoms with E-state index in [0.29, 0.717) is 6.42 Å². The second kappa shape index (κ2) is 6.66. The largest absolute Gasteiger partial charge is 0.321 e. The summed E-state index contributed by atoms with van der Waals surface area (Å²) in [5.41, 5.74) is 7.88. The van der Waals surface area contributed by atoms with Crippen molar-refractivity contribution in [3.8, 4) is 0 Å². The number of fused-ring (bicyclic) bond motifs is 1. The van der Waals surface area contributed by atoms with Gasteiger partial charge in [-0.05, 0) is 19.4 Å². The summed E-state index contributed by atoms with van der Waals surface area (Å²) in [4.78, 5) is 12.2. The monoisotopic (exact) mass is 273 g/mol. The van der Waals surface area contributed by atoms with Gasteiger partial charge in [-0.3, -0.25) is 9.48 Å². The lowest BCUT2D eigenvalue weighted by atomic mass is 10.0. The third kappa shape index (κ3) is 3.07. The molecule has 1 heterocycles. The highest BCUT2D eigenvalue weighted by Crippen LogP contribution is 2.19. The molecule has 20 heavy (non-hydrogen) atoms. The number of nitrogens with zero attached hydrogens (tertiary/aromatic N) is 2. The predicted molar refractivity (Wildman–Crippen MR) is 81.6 cm³/mol. The summed E-state index contributed by atoms with van der Waals surface area (Å²) < 4.78 is 1.94. The van der Waals surface area contributed by atoms with Gasteiger partial charge in [-0.25, -0.2) is 0 Å². The highest BCUT2D eigenvalue weighted by molar-refractivity contribution is 5.91. The number of hydrogen-bond acceptors (Lipinski definition) is 3. The van der Waals surface area contributed by atoms with E-state index >= 15 is 0 Å². The quantitative estimate of drug-likeness (QED) is 0.843. The predicted octanol–water partition coefficient (Wildman–Crippen LogP) is 2.69. The molecular weight excluding hydrogens is 250 g/mol. The van der Waals surface area contributed by atoms with Crippen molar-refractivity contribution in [2.45, 2.75) is 52.1 Å². The minimum Gasteiger partial charge on any atom is -0.321 e. The van der Waals surface area contributed by atoms with Crippen LogP contribution in [0.3, 0.4) is 0 Å². The Labute approximate surface area is 120 Å². The molecular formula is C16H23N3O. The fourth-order valence-corrected chi connectivity index (χ4v) is 2.45. The van der Waals surface area contributed by atoms with Crippen molar-refractivity contribution in [1.29, 1.82) is 0 Å². The molecule has 1 aromatic carbocycles. The summed E-state index contributed by atoms with van der Waals surface area (Å²) in [6, 6.07) is 7.68. The Morgan fingerprint density at radius 1 is 1.35 bits per heavy atom. The summed E-state index contributed by atoms with van der Waals surface area (Å²) in [6.45, 7) is 4.96. The van der Waals surface area contributed by atoms with E-state index in [0.717, 1.165) is 42.4 Å². The molecule has 0 aliphatic rings. The average Bonchev–Trinajstić information content (AvgIpc) is 2.83. The number of carbonyl (C=O) groups is 1. The molecule has 0 aliphatic carbocycles. The van der Waals surface area contributed by atoms with Gasteiger partial charge in [0.2, 0.25) is 0 Å². The average molecular weight is 273 g/mol. The molecule has 0 saturated carbocycles. The van der Waals surface area contributed by atoms with Gasteiger partial charge in [0, 0.05) is 11.9 Å². The van der Waals surface area contributed by atoms with E-state index in [1.807, 2.05) is 28.9 Å². The number of aryl methyl sites for hydroxylation is 1. The third-order valence-corrected chi connectivity index (χ3v) is 3.66. The first-order valence-electron chi connectivity index (χ1n) is 7.40. The molecule has 0 saturated heterocycles. The normalized spacial score (nSPS) is 12.8. The van der Waals surface area contributed by atoms with Crippen LogP contribution in [0.5, 0.6) is 0 Å². The summed E-state index contributed by atoms with van der Waals surface area (Å²) in [6.07, 6.45) is 3.16. The Bertz CT molecular complexity index is 588. The first-order chi connectivity index (χ1) is 9.67. The lowest BCUT2D eigenvalue weighted by Crippen LogP contribution is -2.31. The molecule has 4 heteroatoms. The van der Waals surface area contributed by atoms with Crippen LogP contribution < -0.4 is 5.73 Å². The van der Waals surface area contributed by atoms with Crippen LogP contribution in [0.4, 0.5) is 0 Å². The lowest BCUT2D eigenvalue weighted by Gasteiger charge is -2.08. The number of carbonyl (C=O) groups excluding carboxylic acids is 1. The standard InChI is InChI=1S/C16H23N3O/c1-3-5-9-13(17)16(20)11-14-12-8-6-7-10-15(12)19(4-2)18-14/h6-8,10,13H,3-5,9,11,17H2,1-2H3. The van der Waals surface area contributed by atoms with Gasteiger partial charge in [0.05, 0.1) is 23.7 Å². The van der Waals surface area contributed by atoms with E-state index in [1.165, 1.54) is 0 Å². The van der Waals surface area contributed by atoms with Crippen molar-refractivity contribution in [3.05, 3.63) is 30.0 Å². The number of aromatic nitrogens is 2. The van der Waals surface area contributed by atoms with Crippen molar-refractivity contribution >= 4 is 16.7 Å². The van der Waals surface area contributed by atoms with Crippen LogP contribution in [0.1, 0.15) is 38.8 Å². The van der Waals surface area contributed by atoms with E-state index in [4.69, 9.17) is 5.73 Å². The fraction of sp³-hybridized carbons (Fsp3) is 0.500. The topological polar surface area (TPSA) is 60.9 Å². The van der Waals surface area contributed by atoms with E-state index < -0.39 is 0 Å². The molecule has 0 spiro atoms. The molecule has 108 valence electrons. The second-order valence-electron chi connectivity index (χ2n) is 5.17. The Morgan fingerprint density at radius 2 is 2.10 bits per heavy atom. The Balaban J connectivity index is 2.19. The summed E-state index contributed by atoms with van der Waals surface area (Å²) in [5, 5.41) is 5.61. The molecule has 4 nitrogen and oxygen atoms in total. The Morgan fingerprint density at radius 3 is 2.80 bits per heavy atom. The molecule has 0 radical (unpaired) electrons. The number of hydrogen-bond donors (Lipinski definition) is 1. The maximum Gasteiger partial charge on any atom is 0.155 e. The maximum absolute atomic E-state index is 12.2. The maximum atomic E-state index is 12.2. The van der Waals surface area contributed by atoms with Gasteiger partial charge < -0.3 is 5.73 Å². The van der Waals surface area contributed by atoms with Crippen molar-refractivity contribution in [2.75, 3.05) is 0 Å². The minimum absolute atomic E-state index is 0.0879. The van der Waals surface area contributed by atoms with Gasteiger partial charge in [0.15, 0.2) is 5.78 Å². The summed E-state index contributed by atoms with van der Waals surface area (Å²) >= 11 is 0. The van der Waals surface area contributed by atoms with Crippen LogP contribution in [-0.4, -0.2) is 21.6 Å². The number of Topliss-reactive ketones (excluding diaryl/α,β-unsaturated/α-hetero) is 1. The van der Waals surface area contributed by atoms with E-state index in [1.54, 1.807) is 0 Å². The zero-order valence-corrected chi connectivity index (χ0v) is 12.3. The molecule has 0 fully saturated rings. The molecule has 0 aliphatic heterocycles. The van der Waals surface area contributed by atoms with Crippen LogP contribution in [0, 0.1) is 0 Å². The number of nitrogens with two attached hydrogens (primary N) is 1. The molecule has 1 atom stereocenters. The molecule has 1 aromatic heterocycles. The highest BCUT2D eigenvalue weighted by Gasteiger charge is 2.17. The highest BCUT2D eigenvalue weighted by atomic mass is 16.1. The zero-order chi connectivity index (χ0) is 14.5. The van der Waals surface area contributed by atoms with Crippen molar-refractivity contribution < 1.29 is 4.79 Å². The Hall–Kier alpha value is -1.68. The van der Waals surface area contributed by atoms with E-state index in [2.05, 4.69) is 18.9 Å². The first-order valence-corrected chi connectivity index (χ1v) is 7.40. The molecule has 1 unspecified atom stereocenters. The van der Waals surface area contributed by atoms with Gasteiger partial charge in [-0.15, -0.1) is 0 Å². The van der Waals surface area contributed by atoms with Crippen molar-refractivity contribution in [1.82, 2.24) is 9.78 Å². The zero-order valence-electron chi connectivity index (χ0n) is 12.3.